The number of hydrogen-bond donors (Lipinski definition) is 1. The highest BCUT2D eigenvalue weighted by molar-refractivity contribution is 5.96. The van der Waals surface area contributed by atoms with Crippen molar-refractivity contribution in [2.45, 2.75) is 19.9 Å². The molecule has 0 atom stereocenters. The highest BCUT2D eigenvalue weighted by atomic mass is 16.6. The number of benzene rings is 1. The first kappa shape index (κ1) is 13.3. The van der Waals surface area contributed by atoms with Crippen LogP contribution in [-0.4, -0.2) is 32.5 Å². The second-order valence-corrected chi connectivity index (χ2v) is 5.05. The molecule has 1 aliphatic rings. The monoisotopic (exact) mass is 286 g/mol. The summed E-state index contributed by atoms with van der Waals surface area (Å²) < 4.78 is 0. The fraction of sp³-hybridized carbons (Fsp3) is 0.286. The number of nitrogens with zero attached hydrogens (tertiary/aromatic N) is 3. The quantitative estimate of drug-likeness (QED) is 0.673. The molecule has 0 unspecified atom stereocenters. The topological polar surface area (TPSA) is 92.1 Å². The van der Waals surface area contributed by atoms with Gasteiger partial charge in [-0.15, -0.1) is 0 Å². The fourth-order valence-corrected chi connectivity index (χ4v) is 2.61. The van der Waals surface area contributed by atoms with Gasteiger partial charge >= 0.3 is 5.69 Å². The van der Waals surface area contributed by atoms with Crippen molar-refractivity contribution in [3.8, 4) is 0 Å². The van der Waals surface area contributed by atoms with E-state index in [1.54, 1.807) is 4.90 Å². The summed E-state index contributed by atoms with van der Waals surface area (Å²) in [6, 6.07) is 7.91. The molecule has 2 aromatic rings. The number of amides is 1. The van der Waals surface area contributed by atoms with Crippen LogP contribution in [0.5, 0.6) is 0 Å². The third-order valence-electron chi connectivity index (χ3n) is 3.72. The van der Waals surface area contributed by atoms with E-state index in [1.165, 1.54) is 12.5 Å². The maximum atomic E-state index is 12.5. The molecule has 0 saturated heterocycles. The van der Waals surface area contributed by atoms with Gasteiger partial charge in [0.05, 0.1) is 4.92 Å². The standard InChI is InChI=1S/C14H14N4O3/c1-9-13(18(20)21)12(16-15-9)14(19)17-7-6-10-4-2-3-5-11(10)8-17/h2-5H,6-8H2,1H3,(H,15,16). The van der Waals surface area contributed by atoms with Crippen LogP contribution in [0.25, 0.3) is 0 Å². The van der Waals surface area contributed by atoms with Gasteiger partial charge in [-0.2, -0.15) is 5.10 Å². The Bertz CT molecular complexity index is 723. The van der Waals surface area contributed by atoms with Crippen LogP contribution in [0.1, 0.15) is 27.3 Å². The minimum absolute atomic E-state index is 0.114. The van der Waals surface area contributed by atoms with Gasteiger partial charge in [-0.25, -0.2) is 0 Å². The maximum Gasteiger partial charge on any atom is 0.322 e. The van der Waals surface area contributed by atoms with Crippen LogP contribution < -0.4 is 0 Å². The van der Waals surface area contributed by atoms with Crippen molar-refractivity contribution in [3.05, 3.63) is 56.9 Å². The summed E-state index contributed by atoms with van der Waals surface area (Å²) in [5.41, 5.74) is 2.23. The SMILES string of the molecule is Cc1[nH]nc(C(=O)N2CCc3ccccc3C2)c1[N+](=O)[O-]. The molecule has 3 rings (SSSR count). The molecule has 1 aromatic heterocycles. The average molecular weight is 286 g/mol. The van der Waals surface area contributed by atoms with Crippen LogP contribution in [0, 0.1) is 17.0 Å². The Balaban J connectivity index is 1.89. The van der Waals surface area contributed by atoms with Crippen LogP contribution in [0.15, 0.2) is 24.3 Å². The number of carbonyl (C=O) groups is 1. The van der Waals surface area contributed by atoms with E-state index in [0.717, 1.165) is 12.0 Å². The number of hydrogen-bond acceptors (Lipinski definition) is 4. The lowest BCUT2D eigenvalue weighted by atomic mass is 10.00. The number of aryl methyl sites for hydroxylation is 1. The van der Waals surface area contributed by atoms with E-state index in [-0.39, 0.29) is 11.4 Å². The van der Waals surface area contributed by atoms with Gasteiger partial charge in [0.2, 0.25) is 5.69 Å². The molecule has 21 heavy (non-hydrogen) atoms. The van der Waals surface area contributed by atoms with Crippen molar-refractivity contribution < 1.29 is 9.72 Å². The molecule has 0 bridgehead atoms. The number of fused-ring (bicyclic) bond motifs is 1. The van der Waals surface area contributed by atoms with E-state index in [1.807, 2.05) is 24.3 Å². The molecule has 7 heteroatoms. The second kappa shape index (κ2) is 5.01. The summed E-state index contributed by atoms with van der Waals surface area (Å²) in [4.78, 5) is 24.6. The first-order valence-electron chi connectivity index (χ1n) is 6.63. The van der Waals surface area contributed by atoms with Crippen molar-refractivity contribution in [2.75, 3.05) is 6.54 Å². The lowest BCUT2D eigenvalue weighted by Crippen LogP contribution is -2.36. The summed E-state index contributed by atoms with van der Waals surface area (Å²) in [5, 5.41) is 17.4. The highest BCUT2D eigenvalue weighted by Crippen LogP contribution is 2.25. The van der Waals surface area contributed by atoms with Crippen LogP contribution in [0.2, 0.25) is 0 Å². The molecule has 1 aromatic carbocycles. The molecule has 2 heterocycles. The molecular formula is C14H14N4O3. The van der Waals surface area contributed by atoms with Crippen LogP contribution >= 0.6 is 0 Å². The van der Waals surface area contributed by atoms with E-state index >= 15 is 0 Å². The number of carbonyl (C=O) groups excluding carboxylic acids is 1. The minimum atomic E-state index is -0.566. The first-order valence-corrected chi connectivity index (χ1v) is 6.63. The summed E-state index contributed by atoms with van der Waals surface area (Å²) in [6.45, 7) is 2.53. The van der Waals surface area contributed by atoms with Crippen LogP contribution in [-0.2, 0) is 13.0 Å². The Morgan fingerprint density at radius 2 is 2.10 bits per heavy atom. The Morgan fingerprint density at radius 1 is 1.38 bits per heavy atom. The van der Waals surface area contributed by atoms with Crippen molar-refractivity contribution in [2.24, 2.45) is 0 Å². The number of rotatable bonds is 2. The van der Waals surface area contributed by atoms with Crippen molar-refractivity contribution in [1.29, 1.82) is 0 Å². The molecule has 1 N–H and O–H groups in total. The predicted octanol–water partition coefficient (Wildman–Crippen LogP) is 1.82. The van der Waals surface area contributed by atoms with Gasteiger partial charge in [-0.05, 0) is 24.5 Å². The highest BCUT2D eigenvalue weighted by Gasteiger charge is 2.31. The second-order valence-electron chi connectivity index (χ2n) is 5.05. The zero-order valence-electron chi connectivity index (χ0n) is 11.5. The Hall–Kier alpha value is -2.70. The molecule has 1 aliphatic heterocycles. The van der Waals surface area contributed by atoms with Crippen molar-refractivity contribution in [1.82, 2.24) is 15.1 Å². The lowest BCUT2D eigenvalue weighted by molar-refractivity contribution is -0.385. The van der Waals surface area contributed by atoms with Gasteiger partial charge < -0.3 is 4.90 Å². The molecule has 7 nitrogen and oxygen atoms in total. The summed E-state index contributed by atoms with van der Waals surface area (Å²) in [7, 11) is 0. The van der Waals surface area contributed by atoms with E-state index in [2.05, 4.69) is 10.2 Å². The van der Waals surface area contributed by atoms with Gasteiger partial charge in [0.15, 0.2) is 0 Å². The van der Waals surface area contributed by atoms with Gasteiger partial charge in [-0.3, -0.25) is 20.0 Å². The predicted molar refractivity (Wildman–Crippen MR) is 74.9 cm³/mol. The Labute approximate surface area is 120 Å². The van der Waals surface area contributed by atoms with Crippen LogP contribution in [0.3, 0.4) is 0 Å². The zero-order chi connectivity index (χ0) is 15.0. The average Bonchev–Trinajstić information content (AvgIpc) is 2.88. The number of nitro groups is 1. The molecule has 0 aliphatic carbocycles. The van der Waals surface area contributed by atoms with E-state index in [0.29, 0.717) is 18.8 Å². The number of nitrogens with one attached hydrogen (secondary N) is 1. The normalized spacial score (nSPS) is 13.9. The molecule has 1 amide bonds. The largest absolute Gasteiger partial charge is 0.332 e. The number of H-pyrrole nitrogens is 1. The van der Waals surface area contributed by atoms with Gasteiger partial charge in [0.1, 0.15) is 5.69 Å². The molecule has 0 saturated carbocycles. The summed E-state index contributed by atoms with van der Waals surface area (Å²) in [6.07, 6.45) is 0.749. The minimum Gasteiger partial charge on any atom is -0.332 e. The third-order valence-corrected chi connectivity index (χ3v) is 3.72. The summed E-state index contributed by atoms with van der Waals surface area (Å²) in [5.74, 6) is -0.402. The van der Waals surface area contributed by atoms with Gasteiger partial charge in [-0.1, -0.05) is 24.3 Å². The van der Waals surface area contributed by atoms with E-state index in [9.17, 15) is 14.9 Å². The third kappa shape index (κ3) is 2.26. The Kier molecular flexibility index (Phi) is 3.17. The lowest BCUT2D eigenvalue weighted by Gasteiger charge is -2.28. The molecule has 0 fully saturated rings. The maximum absolute atomic E-state index is 12.5. The number of aromatic amines is 1. The molecule has 0 radical (unpaired) electrons. The van der Waals surface area contributed by atoms with Crippen molar-refractivity contribution >= 4 is 11.6 Å². The molecule has 0 spiro atoms. The van der Waals surface area contributed by atoms with E-state index < -0.39 is 10.8 Å². The Morgan fingerprint density at radius 3 is 2.81 bits per heavy atom. The molecular weight excluding hydrogens is 272 g/mol. The van der Waals surface area contributed by atoms with Gasteiger partial charge in [0, 0.05) is 13.1 Å². The first-order chi connectivity index (χ1) is 10.1. The summed E-state index contributed by atoms with van der Waals surface area (Å²) >= 11 is 0. The van der Waals surface area contributed by atoms with Crippen LogP contribution in [0.4, 0.5) is 5.69 Å². The smallest absolute Gasteiger partial charge is 0.322 e. The number of aromatic nitrogens is 2. The van der Waals surface area contributed by atoms with E-state index in [4.69, 9.17) is 0 Å². The molecule has 108 valence electrons. The van der Waals surface area contributed by atoms with Crippen molar-refractivity contribution in [3.63, 3.8) is 0 Å². The van der Waals surface area contributed by atoms with Gasteiger partial charge in [0.25, 0.3) is 5.91 Å². The zero-order valence-corrected chi connectivity index (χ0v) is 11.5. The fourth-order valence-electron chi connectivity index (χ4n) is 2.61.